The van der Waals surface area contributed by atoms with Crippen LogP contribution in [0.25, 0.3) is 0 Å². The van der Waals surface area contributed by atoms with Crippen molar-refractivity contribution in [1.29, 1.82) is 0 Å². The summed E-state index contributed by atoms with van der Waals surface area (Å²) in [7, 11) is 0. The van der Waals surface area contributed by atoms with Crippen LogP contribution < -0.4 is 5.32 Å². The van der Waals surface area contributed by atoms with Crippen LogP contribution in [-0.2, 0) is 9.59 Å². The third kappa shape index (κ3) is 3.38. The number of piperidine rings is 1. The topological polar surface area (TPSA) is 86.7 Å². The summed E-state index contributed by atoms with van der Waals surface area (Å²) >= 11 is 0. The third-order valence-corrected chi connectivity index (χ3v) is 5.39. The van der Waals surface area contributed by atoms with Crippen molar-refractivity contribution in [3.05, 3.63) is 29.3 Å². The largest absolute Gasteiger partial charge is 0.480 e. The van der Waals surface area contributed by atoms with Gasteiger partial charge in [0, 0.05) is 24.3 Å². The molecule has 0 spiro atoms. The van der Waals surface area contributed by atoms with Gasteiger partial charge in [0.05, 0.1) is 0 Å². The molecule has 1 saturated heterocycles. The van der Waals surface area contributed by atoms with E-state index in [2.05, 4.69) is 12.2 Å². The molecule has 2 amide bonds. The molecule has 6 nitrogen and oxygen atoms in total. The van der Waals surface area contributed by atoms with Gasteiger partial charge in [0.2, 0.25) is 5.91 Å². The van der Waals surface area contributed by atoms with Crippen molar-refractivity contribution in [3.63, 3.8) is 0 Å². The molecular formula is C19H24N2O4. The number of hydrogen-bond donors (Lipinski definition) is 2. The van der Waals surface area contributed by atoms with Gasteiger partial charge in [-0.2, -0.15) is 0 Å². The molecule has 1 aliphatic carbocycles. The van der Waals surface area contributed by atoms with Crippen LogP contribution in [-0.4, -0.2) is 40.9 Å². The summed E-state index contributed by atoms with van der Waals surface area (Å²) < 4.78 is 0. The Balaban J connectivity index is 1.70. The normalized spacial score (nSPS) is 19.4. The van der Waals surface area contributed by atoms with Gasteiger partial charge in [-0.15, -0.1) is 0 Å². The van der Waals surface area contributed by atoms with Crippen molar-refractivity contribution in [3.8, 4) is 0 Å². The summed E-state index contributed by atoms with van der Waals surface area (Å²) in [6, 6.07) is 5.14. The molecule has 6 heteroatoms. The zero-order valence-electron chi connectivity index (χ0n) is 14.7. The number of carboxylic acids is 1. The van der Waals surface area contributed by atoms with Crippen molar-refractivity contribution < 1.29 is 19.5 Å². The van der Waals surface area contributed by atoms with E-state index in [0.717, 1.165) is 31.5 Å². The van der Waals surface area contributed by atoms with Crippen LogP contribution in [0.5, 0.6) is 0 Å². The lowest BCUT2D eigenvalue weighted by atomic mass is 9.98. The lowest BCUT2D eigenvalue weighted by Crippen LogP contribution is -2.38. The molecule has 1 aromatic rings. The summed E-state index contributed by atoms with van der Waals surface area (Å²) in [5.41, 5.74) is 0.641. The van der Waals surface area contributed by atoms with Crippen molar-refractivity contribution in [2.45, 2.75) is 39.5 Å². The smallest absolute Gasteiger partial charge is 0.319 e. The van der Waals surface area contributed by atoms with Crippen molar-refractivity contribution in [2.75, 3.05) is 18.4 Å². The van der Waals surface area contributed by atoms with Crippen LogP contribution in [0, 0.1) is 18.3 Å². The average Bonchev–Trinajstić information content (AvgIpc) is 3.38. The Kier molecular flexibility index (Phi) is 4.54. The number of nitrogens with zero attached hydrogens (tertiary/aromatic N) is 1. The van der Waals surface area contributed by atoms with Crippen LogP contribution in [0.2, 0.25) is 0 Å². The van der Waals surface area contributed by atoms with Crippen molar-refractivity contribution in [2.24, 2.45) is 11.3 Å². The number of carboxylic acid groups (broad SMARTS) is 1. The SMILES string of the molecule is Cc1cc(C(=O)N2CCC(C)CC2)ccc1NC(=O)C1(C(=O)O)CC1. The predicted octanol–water partition coefficient (Wildman–Crippen LogP) is 2.67. The lowest BCUT2D eigenvalue weighted by molar-refractivity contribution is -0.147. The third-order valence-electron chi connectivity index (χ3n) is 5.39. The lowest BCUT2D eigenvalue weighted by Gasteiger charge is -2.30. The first-order valence-corrected chi connectivity index (χ1v) is 8.78. The molecule has 25 heavy (non-hydrogen) atoms. The Morgan fingerprint density at radius 2 is 1.84 bits per heavy atom. The van der Waals surface area contributed by atoms with Gasteiger partial charge in [-0.05, 0) is 62.3 Å². The summed E-state index contributed by atoms with van der Waals surface area (Å²) in [5.74, 6) is -0.884. The summed E-state index contributed by atoms with van der Waals surface area (Å²) in [5, 5.41) is 11.9. The van der Waals surface area contributed by atoms with Gasteiger partial charge < -0.3 is 15.3 Å². The van der Waals surface area contributed by atoms with E-state index in [-0.39, 0.29) is 5.91 Å². The van der Waals surface area contributed by atoms with Crippen LogP contribution >= 0.6 is 0 Å². The maximum absolute atomic E-state index is 12.6. The van der Waals surface area contributed by atoms with E-state index < -0.39 is 17.3 Å². The molecule has 1 aliphatic heterocycles. The Bertz CT molecular complexity index is 716. The molecule has 2 fully saturated rings. The van der Waals surface area contributed by atoms with Gasteiger partial charge in [0.15, 0.2) is 0 Å². The first-order chi connectivity index (χ1) is 11.8. The number of amides is 2. The molecule has 1 saturated carbocycles. The number of aliphatic carboxylic acids is 1. The first kappa shape index (κ1) is 17.5. The van der Waals surface area contributed by atoms with Crippen molar-refractivity contribution >= 4 is 23.5 Å². The van der Waals surface area contributed by atoms with Crippen LogP contribution in [0.15, 0.2) is 18.2 Å². The average molecular weight is 344 g/mol. The van der Waals surface area contributed by atoms with Gasteiger partial charge in [0.1, 0.15) is 5.41 Å². The Morgan fingerprint density at radius 1 is 1.20 bits per heavy atom. The highest BCUT2D eigenvalue weighted by atomic mass is 16.4. The number of anilines is 1. The molecule has 0 bridgehead atoms. The highest BCUT2D eigenvalue weighted by Crippen LogP contribution is 2.46. The molecule has 2 N–H and O–H groups in total. The molecule has 3 rings (SSSR count). The van der Waals surface area contributed by atoms with E-state index in [4.69, 9.17) is 0 Å². The number of aryl methyl sites for hydroxylation is 1. The predicted molar refractivity (Wildman–Crippen MR) is 93.4 cm³/mol. The Morgan fingerprint density at radius 3 is 2.36 bits per heavy atom. The van der Waals surface area contributed by atoms with Crippen LogP contribution in [0.1, 0.15) is 48.5 Å². The molecule has 1 heterocycles. The van der Waals surface area contributed by atoms with Crippen LogP contribution in [0.4, 0.5) is 5.69 Å². The zero-order chi connectivity index (χ0) is 18.2. The molecule has 0 radical (unpaired) electrons. The minimum Gasteiger partial charge on any atom is -0.480 e. The molecule has 2 aliphatic rings. The van der Waals surface area contributed by atoms with E-state index in [9.17, 15) is 19.5 Å². The number of benzene rings is 1. The second-order valence-electron chi connectivity index (χ2n) is 7.35. The fourth-order valence-corrected chi connectivity index (χ4v) is 3.24. The number of rotatable bonds is 4. The Labute approximate surface area is 147 Å². The number of carbonyl (C=O) groups excluding carboxylic acids is 2. The summed E-state index contributed by atoms with van der Waals surface area (Å²) in [4.78, 5) is 37.9. The fourth-order valence-electron chi connectivity index (χ4n) is 3.24. The standard InChI is InChI=1S/C19H24N2O4/c1-12-5-9-21(10-6-12)16(22)14-3-4-15(13(2)11-14)20-17(23)19(7-8-19)18(24)25/h3-4,11-12H,5-10H2,1-2H3,(H,20,23)(H,24,25). The molecular weight excluding hydrogens is 320 g/mol. The van der Waals surface area contributed by atoms with Gasteiger partial charge in [-0.3, -0.25) is 14.4 Å². The molecule has 0 unspecified atom stereocenters. The van der Waals surface area contributed by atoms with Crippen LogP contribution in [0.3, 0.4) is 0 Å². The van der Waals surface area contributed by atoms with Gasteiger partial charge in [-0.1, -0.05) is 6.92 Å². The van der Waals surface area contributed by atoms with E-state index in [1.54, 1.807) is 18.2 Å². The number of likely N-dealkylation sites (tertiary alicyclic amines) is 1. The molecule has 0 atom stereocenters. The van der Waals surface area contributed by atoms with E-state index in [1.807, 2.05) is 11.8 Å². The van der Waals surface area contributed by atoms with E-state index in [1.165, 1.54) is 0 Å². The van der Waals surface area contributed by atoms with E-state index >= 15 is 0 Å². The maximum atomic E-state index is 12.6. The quantitative estimate of drug-likeness (QED) is 0.822. The minimum absolute atomic E-state index is 0.0112. The highest BCUT2D eigenvalue weighted by Gasteiger charge is 2.57. The fraction of sp³-hybridized carbons (Fsp3) is 0.526. The minimum atomic E-state index is -1.27. The van der Waals surface area contributed by atoms with E-state index in [0.29, 0.717) is 30.0 Å². The molecule has 134 valence electrons. The second kappa shape index (κ2) is 6.50. The van der Waals surface area contributed by atoms with Crippen molar-refractivity contribution in [1.82, 2.24) is 4.90 Å². The van der Waals surface area contributed by atoms with Gasteiger partial charge >= 0.3 is 5.97 Å². The van der Waals surface area contributed by atoms with Gasteiger partial charge in [-0.25, -0.2) is 0 Å². The molecule has 0 aromatic heterocycles. The van der Waals surface area contributed by atoms with Gasteiger partial charge in [0.25, 0.3) is 5.91 Å². The number of carbonyl (C=O) groups is 3. The maximum Gasteiger partial charge on any atom is 0.319 e. The summed E-state index contributed by atoms with van der Waals surface area (Å²) in [6.07, 6.45) is 2.79. The second-order valence-corrected chi connectivity index (χ2v) is 7.35. The first-order valence-electron chi connectivity index (χ1n) is 8.78. The number of hydrogen-bond acceptors (Lipinski definition) is 3. The number of nitrogens with one attached hydrogen (secondary N) is 1. The Hall–Kier alpha value is -2.37. The summed E-state index contributed by atoms with van der Waals surface area (Å²) in [6.45, 7) is 5.57. The monoisotopic (exact) mass is 344 g/mol. The molecule has 1 aromatic carbocycles. The zero-order valence-corrected chi connectivity index (χ0v) is 14.7. The highest BCUT2D eigenvalue weighted by molar-refractivity contribution is 6.11.